The highest BCUT2D eigenvalue weighted by molar-refractivity contribution is 5.76. The van der Waals surface area contributed by atoms with Gasteiger partial charge in [-0.2, -0.15) is 0 Å². The van der Waals surface area contributed by atoms with Crippen molar-refractivity contribution in [2.45, 2.75) is 39.2 Å². The first-order chi connectivity index (χ1) is 13.1. The number of nitrogens with zero attached hydrogens (tertiary/aromatic N) is 2. The highest BCUT2D eigenvalue weighted by atomic mass is 16.5. The van der Waals surface area contributed by atoms with Crippen LogP contribution in [0.3, 0.4) is 0 Å². The van der Waals surface area contributed by atoms with Crippen molar-refractivity contribution in [1.29, 1.82) is 0 Å². The number of carbonyl (C=O) groups is 1. The average Bonchev–Trinajstić information content (AvgIpc) is 2.74. The molecule has 1 N–H and O–H groups in total. The average molecular weight is 374 g/mol. The van der Waals surface area contributed by atoms with E-state index in [1.807, 2.05) is 12.1 Å². The van der Waals surface area contributed by atoms with Crippen LogP contribution in [-0.2, 0) is 4.79 Å². The van der Waals surface area contributed by atoms with Gasteiger partial charge in [0.2, 0.25) is 5.91 Å². The maximum atomic E-state index is 12.8. The Morgan fingerprint density at radius 1 is 1.19 bits per heavy atom. The Morgan fingerprint density at radius 2 is 1.89 bits per heavy atom. The Kier molecular flexibility index (Phi) is 7.13. The molecule has 3 rings (SSSR count). The third-order valence-electron chi connectivity index (χ3n) is 6.48. The number of carbonyl (C=O) groups excluding carboxylic acids is 1. The molecule has 150 valence electrons. The summed E-state index contributed by atoms with van der Waals surface area (Å²) in [5.41, 5.74) is 1.27. The quantitative estimate of drug-likeness (QED) is 0.833. The second-order valence-corrected chi connectivity index (χ2v) is 8.14. The number of piperazine rings is 1. The van der Waals surface area contributed by atoms with Gasteiger partial charge in [-0.25, -0.2) is 0 Å². The Morgan fingerprint density at radius 3 is 2.56 bits per heavy atom. The van der Waals surface area contributed by atoms with E-state index in [4.69, 9.17) is 4.74 Å². The number of nitrogens with one attached hydrogen (secondary N) is 1. The monoisotopic (exact) mass is 373 g/mol. The van der Waals surface area contributed by atoms with Crippen molar-refractivity contribution in [1.82, 2.24) is 15.1 Å². The molecule has 5 heteroatoms. The summed E-state index contributed by atoms with van der Waals surface area (Å²) < 4.78 is 5.35. The summed E-state index contributed by atoms with van der Waals surface area (Å²) >= 11 is 0. The van der Waals surface area contributed by atoms with Crippen molar-refractivity contribution in [2.75, 3.05) is 46.4 Å². The molecule has 5 nitrogen and oxygen atoms in total. The summed E-state index contributed by atoms with van der Waals surface area (Å²) in [6.45, 7) is 10.3. The third-order valence-corrected chi connectivity index (χ3v) is 6.48. The molecule has 2 heterocycles. The van der Waals surface area contributed by atoms with Gasteiger partial charge in [-0.1, -0.05) is 19.1 Å². The van der Waals surface area contributed by atoms with Crippen LogP contribution in [0.5, 0.6) is 5.75 Å². The second kappa shape index (κ2) is 9.56. The molecule has 1 aromatic carbocycles. The second-order valence-electron chi connectivity index (χ2n) is 8.14. The van der Waals surface area contributed by atoms with Gasteiger partial charge in [-0.15, -0.1) is 0 Å². The van der Waals surface area contributed by atoms with E-state index in [0.29, 0.717) is 30.2 Å². The SMILES string of the molecule is COc1cccc(C(C)N2CCN(C(=O)CC(C)C3CCNCC3)CC2)c1. The zero-order valence-corrected chi connectivity index (χ0v) is 17.1. The van der Waals surface area contributed by atoms with Gasteiger partial charge in [-0.05, 0) is 62.4 Å². The van der Waals surface area contributed by atoms with Crippen molar-refractivity contribution in [3.8, 4) is 5.75 Å². The Labute approximate surface area is 164 Å². The molecule has 1 aromatic rings. The molecule has 2 aliphatic rings. The molecule has 27 heavy (non-hydrogen) atoms. The number of piperidine rings is 1. The molecule has 2 aliphatic heterocycles. The van der Waals surface area contributed by atoms with E-state index >= 15 is 0 Å². The first kappa shape index (κ1) is 20.2. The lowest BCUT2D eigenvalue weighted by Gasteiger charge is -2.39. The molecule has 0 aliphatic carbocycles. The number of hydrogen-bond acceptors (Lipinski definition) is 4. The summed E-state index contributed by atoms with van der Waals surface area (Å²) in [7, 11) is 1.71. The van der Waals surface area contributed by atoms with Crippen molar-refractivity contribution >= 4 is 5.91 Å². The molecule has 2 unspecified atom stereocenters. The zero-order valence-electron chi connectivity index (χ0n) is 17.1. The van der Waals surface area contributed by atoms with Crippen LogP contribution in [0.25, 0.3) is 0 Å². The van der Waals surface area contributed by atoms with E-state index in [1.165, 1.54) is 18.4 Å². The van der Waals surface area contributed by atoms with Crippen LogP contribution < -0.4 is 10.1 Å². The minimum Gasteiger partial charge on any atom is -0.497 e. The van der Waals surface area contributed by atoms with E-state index in [1.54, 1.807) is 7.11 Å². The largest absolute Gasteiger partial charge is 0.497 e. The van der Waals surface area contributed by atoms with Gasteiger partial charge in [0, 0.05) is 38.6 Å². The molecule has 0 saturated carbocycles. The first-order valence-electron chi connectivity index (χ1n) is 10.4. The van der Waals surface area contributed by atoms with E-state index in [9.17, 15) is 4.79 Å². The Hall–Kier alpha value is -1.59. The summed E-state index contributed by atoms with van der Waals surface area (Å²) in [5, 5.41) is 3.41. The first-order valence-corrected chi connectivity index (χ1v) is 10.4. The van der Waals surface area contributed by atoms with Gasteiger partial charge in [0.25, 0.3) is 0 Å². The van der Waals surface area contributed by atoms with Gasteiger partial charge in [0.05, 0.1) is 7.11 Å². The van der Waals surface area contributed by atoms with Crippen molar-refractivity contribution in [3.05, 3.63) is 29.8 Å². The molecule has 0 spiro atoms. The lowest BCUT2D eigenvalue weighted by Crippen LogP contribution is -2.49. The standard InChI is InChI=1S/C22H35N3O2/c1-17(19-7-9-23-10-8-19)15-22(26)25-13-11-24(12-14-25)18(2)20-5-4-6-21(16-20)27-3/h4-6,16-19,23H,7-15H2,1-3H3. The predicted molar refractivity (Wildman–Crippen MR) is 109 cm³/mol. The van der Waals surface area contributed by atoms with Gasteiger partial charge in [0.15, 0.2) is 0 Å². The molecule has 0 radical (unpaired) electrons. The predicted octanol–water partition coefficient (Wildman–Crippen LogP) is 2.93. The molecule has 1 amide bonds. The summed E-state index contributed by atoms with van der Waals surface area (Å²) in [5.74, 6) is 2.44. The lowest BCUT2D eigenvalue weighted by molar-refractivity contribution is -0.134. The van der Waals surface area contributed by atoms with E-state index < -0.39 is 0 Å². The van der Waals surface area contributed by atoms with E-state index in [0.717, 1.165) is 45.0 Å². The van der Waals surface area contributed by atoms with Crippen LogP contribution >= 0.6 is 0 Å². The van der Waals surface area contributed by atoms with Crippen LogP contribution in [0.2, 0.25) is 0 Å². The van der Waals surface area contributed by atoms with Crippen LogP contribution in [0.15, 0.2) is 24.3 Å². The highest BCUT2D eigenvalue weighted by Gasteiger charge is 2.28. The topological polar surface area (TPSA) is 44.8 Å². The molecular weight excluding hydrogens is 338 g/mol. The third kappa shape index (κ3) is 5.23. The van der Waals surface area contributed by atoms with Crippen LogP contribution in [0.4, 0.5) is 0 Å². The summed E-state index contributed by atoms with van der Waals surface area (Å²) in [6.07, 6.45) is 3.12. The number of ether oxygens (including phenoxy) is 1. The van der Waals surface area contributed by atoms with E-state index in [-0.39, 0.29) is 0 Å². The summed E-state index contributed by atoms with van der Waals surface area (Å²) in [6, 6.07) is 8.64. The maximum absolute atomic E-state index is 12.8. The fraction of sp³-hybridized carbons (Fsp3) is 0.682. The van der Waals surface area contributed by atoms with Crippen LogP contribution in [0, 0.1) is 11.8 Å². The van der Waals surface area contributed by atoms with Gasteiger partial charge < -0.3 is 15.0 Å². The molecule has 0 bridgehead atoms. The molecule has 2 atom stereocenters. The van der Waals surface area contributed by atoms with Crippen molar-refractivity contribution in [3.63, 3.8) is 0 Å². The lowest BCUT2D eigenvalue weighted by atomic mass is 9.84. The number of hydrogen-bond donors (Lipinski definition) is 1. The molecular formula is C22H35N3O2. The summed E-state index contributed by atoms with van der Waals surface area (Å²) in [4.78, 5) is 17.3. The van der Waals surface area contributed by atoms with E-state index in [2.05, 4.69) is 41.1 Å². The molecule has 2 saturated heterocycles. The van der Waals surface area contributed by atoms with Crippen molar-refractivity contribution in [2.24, 2.45) is 11.8 Å². The highest BCUT2D eigenvalue weighted by Crippen LogP contribution is 2.27. The normalized spacial score (nSPS) is 21.7. The van der Waals surface area contributed by atoms with Gasteiger partial charge in [0.1, 0.15) is 5.75 Å². The fourth-order valence-corrected chi connectivity index (χ4v) is 4.46. The van der Waals surface area contributed by atoms with Gasteiger partial charge >= 0.3 is 0 Å². The van der Waals surface area contributed by atoms with Crippen LogP contribution in [-0.4, -0.2) is 62.1 Å². The van der Waals surface area contributed by atoms with Gasteiger partial charge in [-0.3, -0.25) is 9.69 Å². The Bertz CT molecular complexity index is 607. The van der Waals surface area contributed by atoms with Crippen molar-refractivity contribution < 1.29 is 9.53 Å². The zero-order chi connectivity index (χ0) is 19.2. The minimum absolute atomic E-state index is 0.339. The number of methoxy groups -OCH3 is 1. The maximum Gasteiger partial charge on any atom is 0.222 e. The fourth-order valence-electron chi connectivity index (χ4n) is 4.46. The molecule has 0 aromatic heterocycles. The number of amides is 1. The Balaban J connectivity index is 1.48. The number of benzene rings is 1. The molecule has 2 fully saturated rings. The minimum atomic E-state index is 0.339. The smallest absolute Gasteiger partial charge is 0.222 e. The number of rotatable bonds is 6. The van der Waals surface area contributed by atoms with Crippen LogP contribution in [0.1, 0.15) is 44.7 Å².